The fourth-order valence-electron chi connectivity index (χ4n) is 4.58. The first kappa shape index (κ1) is 23.4. The second-order valence-corrected chi connectivity index (χ2v) is 9.39. The number of piperazine rings is 1. The van der Waals surface area contributed by atoms with Crippen molar-refractivity contribution < 1.29 is 13.5 Å². The molecule has 0 unspecified atom stereocenters. The Morgan fingerprint density at radius 1 is 1.09 bits per heavy atom. The van der Waals surface area contributed by atoms with Crippen LogP contribution in [0.25, 0.3) is 6.08 Å². The van der Waals surface area contributed by atoms with Crippen LogP contribution in [-0.2, 0) is 6.42 Å². The van der Waals surface area contributed by atoms with Gasteiger partial charge in [0.25, 0.3) is 0 Å². The Hall–Kier alpha value is -3.33. The standard InChI is InChI=1S/C26H30F2N6O/c1-4-5-17-12-22(29-15-17)30-23-14-24(32-26(31-23)34-8-6-33(3)7-9-34)35-21-13-20(27)18-10-16(2)11-19(18)25(21)28/h11-14H,4-10,15H2,1-3H3,(H,29,30,31,32). The number of aliphatic imine (C=N–C) groups is 1. The van der Waals surface area contributed by atoms with Crippen LogP contribution in [0.2, 0.25) is 0 Å². The fraction of sp³-hybridized carbons (Fsp3) is 0.423. The second-order valence-electron chi connectivity index (χ2n) is 9.39. The molecule has 184 valence electrons. The molecule has 0 spiro atoms. The number of likely N-dealkylation sites (N-methyl/N-ethyl adjacent to an activating group) is 1. The first-order valence-electron chi connectivity index (χ1n) is 12.1. The van der Waals surface area contributed by atoms with E-state index >= 15 is 4.39 Å². The van der Waals surface area contributed by atoms with E-state index < -0.39 is 11.6 Å². The molecule has 3 heterocycles. The topological polar surface area (TPSA) is 65.9 Å². The van der Waals surface area contributed by atoms with Gasteiger partial charge in [0.15, 0.2) is 11.6 Å². The lowest BCUT2D eigenvalue weighted by molar-refractivity contribution is 0.310. The lowest BCUT2D eigenvalue weighted by Crippen LogP contribution is -2.45. The molecular weight excluding hydrogens is 450 g/mol. The Labute approximate surface area is 204 Å². The van der Waals surface area contributed by atoms with Crippen LogP contribution < -0.4 is 15.0 Å². The molecule has 1 aromatic heterocycles. The summed E-state index contributed by atoms with van der Waals surface area (Å²) in [4.78, 5) is 18.1. The summed E-state index contributed by atoms with van der Waals surface area (Å²) in [5.41, 5.74) is 2.79. The van der Waals surface area contributed by atoms with E-state index in [9.17, 15) is 4.39 Å². The molecule has 1 N–H and O–H groups in total. The zero-order chi connectivity index (χ0) is 24.5. The third-order valence-corrected chi connectivity index (χ3v) is 6.48. The number of ether oxygens (including phenoxy) is 1. The van der Waals surface area contributed by atoms with E-state index in [1.165, 1.54) is 5.57 Å². The number of anilines is 2. The lowest BCUT2D eigenvalue weighted by atomic mass is 10.1. The number of nitrogens with one attached hydrogen (secondary N) is 1. The van der Waals surface area contributed by atoms with Crippen molar-refractivity contribution >= 4 is 23.7 Å². The van der Waals surface area contributed by atoms with Crippen molar-refractivity contribution in [2.75, 3.05) is 50.0 Å². The summed E-state index contributed by atoms with van der Waals surface area (Å²) in [6, 6.07) is 2.70. The summed E-state index contributed by atoms with van der Waals surface area (Å²) in [6.07, 6.45) is 6.17. The molecule has 0 atom stereocenters. The SMILES string of the molecule is CCCC1=CC(Nc2cc(Oc3cc(F)c4c(c3F)C=C(C)C4)nc(N3CCN(C)CC3)n2)=NC1. The summed E-state index contributed by atoms with van der Waals surface area (Å²) in [5.74, 6) is 0.582. The van der Waals surface area contributed by atoms with Crippen molar-refractivity contribution in [3.8, 4) is 11.6 Å². The summed E-state index contributed by atoms with van der Waals surface area (Å²) in [5, 5.41) is 3.25. The maximum absolute atomic E-state index is 15.2. The minimum absolute atomic E-state index is 0.143. The largest absolute Gasteiger partial charge is 0.436 e. The first-order valence-corrected chi connectivity index (χ1v) is 12.1. The van der Waals surface area contributed by atoms with E-state index in [2.05, 4.69) is 44.0 Å². The quantitative estimate of drug-likeness (QED) is 0.640. The maximum atomic E-state index is 15.2. The first-order chi connectivity index (χ1) is 16.9. The predicted molar refractivity (Wildman–Crippen MR) is 134 cm³/mol. The summed E-state index contributed by atoms with van der Waals surface area (Å²) < 4.78 is 35.8. The Morgan fingerprint density at radius 2 is 1.89 bits per heavy atom. The average molecular weight is 481 g/mol. The maximum Gasteiger partial charge on any atom is 0.230 e. The highest BCUT2D eigenvalue weighted by molar-refractivity contribution is 6.05. The number of amidine groups is 1. The molecule has 1 fully saturated rings. The van der Waals surface area contributed by atoms with Crippen molar-refractivity contribution in [3.63, 3.8) is 0 Å². The molecular formula is C26H30F2N6O. The Morgan fingerprint density at radius 3 is 2.66 bits per heavy atom. The van der Waals surface area contributed by atoms with Gasteiger partial charge >= 0.3 is 0 Å². The number of hydrogen-bond acceptors (Lipinski definition) is 7. The second kappa shape index (κ2) is 9.73. The van der Waals surface area contributed by atoms with Gasteiger partial charge in [-0.05, 0) is 38.5 Å². The Balaban J connectivity index is 1.46. The normalized spacial score (nSPS) is 17.7. The highest BCUT2D eigenvalue weighted by atomic mass is 19.1. The number of nitrogens with zero attached hydrogens (tertiary/aromatic N) is 5. The van der Waals surface area contributed by atoms with E-state index in [1.807, 2.05) is 13.0 Å². The number of halogens is 2. The fourth-order valence-corrected chi connectivity index (χ4v) is 4.58. The van der Waals surface area contributed by atoms with Gasteiger partial charge in [-0.2, -0.15) is 9.97 Å². The van der Waals surface area contributed by atoms with E-state index in [4.69, 9.17) is 4.74 Å². The summed E-state index contributed by atoms with van der Waals surface area (Å²) >= 11 is 0. The number of benzene rings is 1. The van der Waals surface area contributed by atoms with Crippen LogP contribution in [0.3, 0.4) is 0 Å². The van der Waals surface area contributed by atoms with Gasteiger partial charge in [-0.1, -0.05) is 25.0 Å². The molecule has 0 radical (unpaired) electrons. The number of fused-ring (bicyclic) bond motifs is 1. The van der Waals surface area contributed by atoms with Gasteiger partial charge in [0.1, 0.15) is 17.5 Å². The van der Waals surface area contributed by atoms with Crippen LogP contribution in [0, 0.1) is 11.6 Å². The highest BCUT2D eigenvalue weighted by Crippen LogP contribution is 2.36. The predicted octanol–water partition coefficient (Wildman–Crippen LogP) is 4.81. The van der Waals surface area contributed by atoms with Crippen molar-refractivity contribution in [1.82, 2.24) is 14.9 Å². The summed E-state index contributed by atoms with van der Waals surface area (Å²) in [7, 11) is 2.07. The Kier molecular flexibility index (Phi) is 6.51. The molecule has 9 heteroatoms. The van der Waals surface area contributed by atoms with Gasteiger partial charge in [-0.25, -0.2) is 8.78 Å². The van der Waals surface area contributed by atoms with Gasteiger partial charge in [0, 0.05) is 49.4 Å². The molecule has 1 saturated heterocycles. The molecule has 35 heavy (non-hydrogen) atoms. The Bertz CT molecular complexity index is 1230. The zero-order valence-electron chi connectivity index (χ0n) is 20.4. The number of rotatable bonds is 6. The molecule has 0 saturated carbocycles. The monoisotopic (exact) mass is 480 g/mol. The van der Waals surface area contributed by atoms with Crippen LogP contribution in [0.4, 0.5) is 20.5 Å². The summed E-state index contributed by atoms with van der Waals surface area (Å²) in [6.45, 7) is 7.94. The van der Waals surface area contributed by atoms with E-state index in [0.29, 0.717) is 30.3 Å². The van der Waals surface area contributed by atoms with Gasteiger partial charge in [-0.3, -0.25) is 4.99 Å². The lowest BCUT2D eigenvalue weighted by Gasteiger charge is -2.32. The third-order valence-electron chi connectivity index (χ3n) is 6.48. The van der Waals surface area contributed by atoms with E-state index in [-0.39, 0.29) is 17.2 Å². The number of hydrogen-bond donors (Lipinski definition) is 1. The third kappa shape index (κ3) is 5.05. The average Bonchev–Trinajstić information content (AvgIpc) is 3.44. The van der Waals surface area contributed by atoms with Gasteiger partial charge in [0.05, 0.1) is 6.54 Å². The van der Waals surface area contributed by atoms with Crippen LogP contribution in [-0.4, -0.2) is 60.5 Å². The van der Waals surface area contributed by atoms with Crippen LogP contribution in [0.1, 0.15) is 37.8 Å². The van der Waals surface area contributed by atoms with Crippen LogP contribution in [0.5, 0.6) is 11.6 Å². The zero-order valence-corrected chi connectivity index (χ0v) is 20.4. The molecule has 0 amide bonds. The molecule has 1 aliphatic carbocycles. The van der Waals surface area contributed by atoms with Crippen molar-refractivity contribution in [3.05, 3.63) is 52.1 Å². The van der Waals surface area contributed by atoms with Crippen molar-refractivity contribution in [2.45, 2.75) is 33.1 Å². The van der Waals surface area contributed by atoms with Gasteiger partial charge in [0.2, 0.25) is 11.8 Å². The minimum Gasteiger partial charge on any atom is -0.436 e. The molecule has 7 nitrogen and oxygen atoms in total. The molecule has 2 aliphatic heterocycles. The molecule has 5 rings (SSSR count). The van der Waals surface area contributed by atoms with E-state index in [0.717, 1.165) is 56.5 Å². The minimum atomic E-state index is -0.583. The number of allylic oxidation sites excluding steroid dienone is 1. The molecule has 2 aromatic rings. The molecule has 0 bridgehead atoms. The van der Waals surface area contributed by atoms with Gasteiger partial charge in [-0.15, -0.1) is 0 Å². The van der Waals surface area contributed by atoms with Crippen molar-refractivity contribution in [1.29, 1.82) is 0 Å². The molecule has 1 aromatic carbocycles. The van der Waals surface area contributed by atoms with Crippen LogP contribution in [0.15, 0.2) is 34.3 Å². The highest BCUT2D eigenvalue weighted by Gasteiger charge is 2.24. The van der Waals surface area contributed by atoms with E-state index in [1.54, 1.807) is 12.1 Å². The van der Waals surface area contributed by atoms with Gasteiger partial charge < -0.3 is 19.9 Å². The van der Waals surface area contributed by atoms with Crippen molar-refractivity contribution in [2.24, 2.45) is 4.99 Å². The smallest absolute Gasteiger partial charge is 0.230 e. The molecule has 3 aliphatic rings. The van der Waals surface area contributed by atoms with Crippen LogP contribution >= 0.6 is 0 Å². The number of aromatic nitrogens is 2.